The Morgan fingerprint density at radius 3 is 0.947 bits per heavy atom. The van der Waals surface area contributed by atoms with E-state index in [2.05, 4.69) is 0 Å². The van der Waals surface area contributed by atoms with E-state index < -0.39 is 21.0 Å². The quantitative estimate of drug-likeness (QED) is 0.424. The molecular weight excluding hydrogens is 342 g/mol. The molecule has 0 bridgehead atoms. The van der Waals surface area contributed by atoms with E-state index in [0.717, 1.165) is 0 Å². The highest BCUT2D eigenvalue weighted by Crippen LogP contribution is 2.01. The fraction of sp³-hybridized carbons (Fsp3) is 0.556. The van der Waals surface area contributed by atoms with E-state index >= 15 is 0 Å². The molecular formula is C9H10Cl4N2O4. The van der Waals surface area contributed by atoms with E-state index in [-0.39, 0.29) is 32.8 Å². The van der Waals surface area contributed by atoms with E-state index in [0.29, 0.717) is 0 Å². The molecule has 0 aromatic carbocycles. The van der Waals surface area contributed by atoms with Crippen LogP contribution in [0.2, 0.25) is 0 Å². The Balaban J connectivity index is 4.68. The van der Waals surface area contributed by atoms with Crippen molar-refractivity contribution < 1.29 is 19.2 Å². The molecule has 0 spiro atoms. The topological polar surface area (TPSA) is 74.8 Å². The molecule has 19 heavy (non-hydrogen) atoms. The van der Waals surface area contributed by atoms with Gasteiger partial charge in [-0.05, 0) is 46.4 Å². The Morgan fingerprint density at radius 1 is 0.579 bits per heavy atom. The van der Waals surface area contributed by atoms with Crippen LogP contribution >= 0.6 is 46.4 Å². The van der Waals surface area contributed by atoms with E-state index in [1.54, 1.807) is 0 Å². The van der Waals surface area contributed by atoms with E-state index in [1.807, 2.05) is 0 Å². The zero-order valence-electron chi connectivity index (χ0n) is 9.57. The van der Waals surface area contributed by atoms with Gasteiger partial charge in [0.25, 0.3) is 0 Å². The second kappa shape index (κ2) is 9.63. The van der Waals surface area contributed by atoms with Crippen LogP contribution in [0.3, 0.4) is 0 Å². The van der Waals surface area contributed by atoms with Crippen molar-refractivity contribution in [2.75, 3.05) is 32.8 Å². The molecule has 0 unspecified atom stereocenters. The zero-order chi connectivity index (χ0) is 15.0. The average Bonchev–Trinajstić information content (AvgIpc) is 2.11. The first kappa shape index (κ1) is 18.8. The van der Waals surface area contributed by atoms with Gasteiger partial charge in [0.05, 0.1) is 32.8 Å². The van der Waals surface area contributed by atoms with Gasteiger partial charge in [-0.1, -0.05) is 0 Å². The Hall–Kier alpha value is -0.240. The van der Waals surface area contributed by atoms with E-state index in [4.69, 9.17) is 46.4 Å². The van der Waals surface area contributed by atoms with E-state index in [9.17, 15) is 19.2 Å². The summed E-state index contributed by atoms with van der Waals surface area (Å²) in [6.45, 7) is -1.19. The van der Waals surface area contributed by atoms with Crippen LogP contribution in [0.25, 0.3) is 0 Å². The Kier molecular flexibility index (Phi) is 9.51. The Labute approximate surface area is 129 Å². The third kappa shape index (κ3) is 11.3. The van der Waals surface area contributed by atoms with Crippen LogP contribution < -0.4 is 0 Å². The molecule has 0 saturated carbocycles. The third-order valence-electron chi connectivity index (χ3n) is 1.79. The van der Waals surface area contributed by atoms with Gasteiger partial charge in [0.1, 0.15) is 0 Å². The van der Waals surface area contributed by atoms with Gasteiger partial charge in [-0.15, -0.1) is 0 Å². The van der Waals surface area contributed by atoms with Crippen molar-refractivity contribution in [2.24, 2.45) is 0 Å². The van der Waals surface area contributed by atoms with Gasteiger partial charge in [-0.2, -0.15) is 0 Å². The monoisotopic (exact) mass is 350 g/mol. The lowest BCUT2D eigenvalue weighted by atomic mass is 10.4. The first-order chi connectivity index (χ1) is 8.70. The van der Waals surface area contributed by atoms with Crippen molar-refractivity contribution in [3.63, 3.8) is 0 Å². The van der Waals surface area contributed by atoms with Crippen molar-refractivity contribution in [1.29, 1.82) is 0 Å². The molecule has 0 aliphatic rings. The van der Waals surface area contributed by atoms with Crippen molar-refractivity contribution in [2.45, 2.75) is 0 Å². The molecule has 10 heteroatoms. The molecule has 0 heterocycles. The fourth-order valence-electron chi connectivity index (χ4n) is 1.30. The highest BCUT2D eigenvalue weighted by Gasteiger charge is 2.19. The largest absolute Gasteiger partial charge is 0.280 e. The summed E-state index contributed by atoms with van der Waals surface area (Å²) in [5, 5.41) is -2.86. The van der Waals surface area contributed by atoms with Crippen LogP contribution in [0.15, 0.2) is 0 Å². The highest BCUT2D eigenvalue weighted by atomic mass is 35.5. The standard InChI is InChI=1S/C9H10Cl4N2O4/c10-6(16)1-14(2-7(11)17)5-15(3-8(12)18)4-9(13)19/h1-5H2. The minimum absolute atomic E-state index is 0.0894. The van der Waals surface area contributed by atoms with Crippen molar-refractivity contribution in [1.82, 2.24) is 9.80 Å². The Bertz CT molecular complexity index is 311. The van der Waals surface area contributed by atoms with Crippen LogP contribution in [0.4, 0.5) is 0 Å². The second-order valence-corrected chi connectivity index (χ2v) is 5.22. The van der Waals surface area contributed by atoms with Gasteiger partial charge in [0, 0.05) is 0 Å². The summed E-state index contributed by atoms with van der Waals surface area (Å²) >= 11 is 20.8. The minimum Gasteiger partial charge on any atom is -0.280 e. The number of hydrogen-bond acceptors (Lipinski definition) is 6. The van der Waals surface area contributed by atoms with Crippen LogP contribution in [0, 0.1) is 0 Å². The summed E-state index contributed by atoms with van der Waals surface area (Å²) in [4.78, 5) is 45.8. The van der Waals surface area contributed by atoms with Crippen molar-refractivity contribution in [3.05, 3.63) is 0 Å². The summed E-state index contributed by atoms with van der Waals surface area (Å²) in [6, 6.07) is 0. The summed E-state index contributed by atoms with van der Waals surface area (Å²) in [5.74, 6) is 0. The maximum Gasteiger partial charge on any atom is 0.235 e. The molecule has 0 aliphatic carbocycles. The molecule has 0 amide bonds. The lowest BCUT2D eigenvalue weighted by Crippen LogP contribution is -2.44. The van der Waals surface area contributed by atoms with Crippen molar-refractivity contribution >= 4 is 67.4 Å². The summed E-state index contributed by atoms with van der Waals surface area (Å²) in [5.41, 5.74) is 0. The van der Waals surface area contributed by atoms with Gasteiger partial charge in [-0.3, -0.25) is 29.0 Å². The third-order valence-corrected chi connectivity index (χ3v) is 2.27. The first-order valence-electron chi connectivity index (χ1n) is 4.88. The van der Waals surface area contributed by atoms with Gasteiger partial charge in [0.15, 0.2) is 0 Å². The molecule has 0 aromatic rings. The summed E-state index contributed by atoms with van der Waals surface area (Å²) in [6.07, 6.45) is 0. The number of halogens is 4. The summed E-state index contributed by atoms with van der Waals surface area (Å²) in [7, 11) is 0. The normalized spacial score (nSPS) is 10.8. The smallest absolute Gasteiger partial charge is 0.235 e. The molecule has 0 fully saturated rings. The number of hydrogen-bond donors (Lipinski definition) is 0. The van der Waals surface area contributed by atoms with E-state index in [1.165, 1.54) is 9.80 Å². The fourth-order valence-corrected chi connectivity index (χ4v) is 1.97. The lowest BCUT2D eigenvalue weighted by Gasteiger charge is -2.26. The second-order valence-electron chi connectivity index (χ2n) is 3.54. The maximum atomic E-state index is 10.8. The molecule has 0 aromatic heterocycles. The SMILES string of the molecule is O=C(Cl)CN(CC(=O)Cl)CN(CC(=O)Cl)CC(=O)Cl. The molecule has 0 rings (SSSR count). The Morgan fingerprint density at radius 2 is 0.789 bits per heavy atom. The summed E-state index contributed by atoms with van der Waals surface area (Å²) < 4.78 is 0. The molecule has 108 valence electrons. The van der Waals surface area contributed by atoms with Crippen LogP contribution in [-0.2, 0) is 19.2 Å². The molecule has 0 saturated heterocycles. The first-order valence-corrected chi connectivity index (χ1v) is 6.40. The van der Waals surface area contributed by atoms with Crippen LogP contribution in [0.1, 0.15) is 0 Å². The molecule has 6 nitrogen and oxygen atoms in total. The van der Waals surface area contributed by atoms with Gasteiger partial charge in [0.2, 0.25) is 21.0 Å². The van der Waals surface area contributed by atoms with Gasteiger partial charge in [-0.25, -0.2) is 0 Å². The van der Waals surface area contributed by atoms with Gasteiger partial charge >= 0.3 is 0 Å². The van der Waals surface area contributed by atoms with Crippen molar-refractivity contribution in [3.8, 4) is 0 Å². The lowest BCUT2D eigenvalue weighted by molar-refractivity contribution is -0.117. The zero-order valence-corrected chi connectivity index (χ0v) is 12.6. The highest BCUT2D eigenvalue weighted by molar-refractivity contribution is 6.65. The molecule has 0 radical (unpaired) electrons. The molecule has 0 N–H and O–H groups in total. The average molecular weight is 352 g/mol. The number of carbonyl (C=O) groups excluding carboxylic acids is 4. The predicted octanol–water partition coefficient (Wildman–Crippen LogP) is 0.609. The predicted molar refractivity (Wildman–Crippen MR) is 71.5 cm³/mol. The number of nitrogens with zero attached hydrogens (tertiary/aromatic N) is 2. The van der Waals surface area contributed by atoms with Gasteiger partial charge < -0.3 is 0 Å². The maximum absolute atomic E-state index is 10.8. The number of rotatable bonds is 10. The van der Waals surface area contributed by atoms with Crippen LogP contribution in [-0.4, -0.2) is 63.6 Å². The minimum atomic E-state index is -0.715. The molecule has 0 aliphatic heterocycles. The molecule has 0 atom stereocenters. The number of carbonyl (C=O) groups is 4. The van der Waals surface area contributed by atoms with Crippen LogP contribution in [0.5, 0.6) is 0 Å².